The van der Waals surface area contributed by atoms with E-state index in [1.807, 2.05) is 0 Å². The molecule has 0 amide bonds. The third-order valence-electron chi connectivity index (χ3n) is 4.09. The van der Waals surface area contributed by atoms with Crippen LogP contribution in [0.5, 0.6) is 0 Å². The minimum atomic E-state index is -1.88. The molecule has 3 nitrogen and oxygen atoms in total. The average molecular weight is 333 g/mol. The smallest absolute Gasteiger partial charge is 0.366 e. The predicted molar refractivity (Wildman–Crippen MR) is 91.9 cm³/mol. The van der Waals surface area contributed by atoms with E-state index in [0.717, 1.165) is 6.42 Å². The largest absolute Gasteiger partial charge is 0.461 e. The molecule has 130 valence electrons. The molecule has 0 aliphatic rings. The molecule has 0 fully saturated rings. The van der Waals surface area contributed by atoms with Gasteiger partial charge in [0.1, 0.15) is 0 Å². The Kier molecular flexibility index (Phi) is 8.55. The molecule has 5 heteroatoms. The van der Waals surface area contributed by atoms with Crippen molar-refractivity contribution in [2.75, 3.05) is 13.2 Å². The second kappa shape index (κ2) is 8.82. The number of hydrogen-bond acceptors (Lipinski definition) is 3. The summed E-state index contributed by atoms with van der Waals surface area (Å²) < 4.78 is 24.7. The van der Waals surface area contributed by atoms with Gasteiger partial charge in [-0.2, -0.15) is 4.39 Å². The van der Waals surface area contributed by atoms with Gasteiger partial charge in [0, 0.05) is 12.5 Å². The zero-order valence-corrected chi connectivity index (χ0v) is 16.5. The Bertz CT molecular complexity index is 384. The molecule has 0 unspecified atom stereocenters. The van der Waals surface area contributed by atoms with Crippen molar-refractivity contribution in [1.29, 1.82) is 0 Å². The molecule has 22 heavy (non-hydrogen) atoms. The highest BCUT2D eigenvalue weighted by molar-refractivity contribution is 6.74. The molecule has 0 aliphatic heterocycles. The lowest BCUT2D eigenvalue weighted by molar-refractivity contribution is -0.140. The van der Waals surface area contributed by atoms with E-state index in [2.05, 4.69) is 47.7 Å². The van der Waals surface area contributed by atoms with E-state index in [4.69, 9.17) is 9.16 Å². The summed E-state index contributed by atoms with van der Waals surface area (Å²) in [6.07, 6.45) is 2.15. The van der Waals surface area contributed by atoms with Crippen molar-refractivity contribution in [3.63, 3.8) is 0 Å². The normalized spacial score (nSPS) is 15.1. The lowest BCUT2D eigenvalue weighted by Crippen LogP contribution is -2.42. The molecule has 0 rings (SSSR count). The quantitative estimate of drug-likeness (QED) is 0.353. The molecule has 0 bridgehead atoms. The molecule has 0 saturated heterocycles. The second-order valence-electron chi connectivity index (χ2n) is 7.70. The van der Waals surface area contributed by atoms with E-state index in [9.17, 15) is 9.18 Å². The molecule has 0 radical (unpaired) electrons. The zero-order chi connectivity index (χ0) is 17.6. The summed E-state index contributed by atoms with van der Waals surface area (Å²) in [6, 6.07) is 0. The fraction of sp³-hybridized carbons (Fsp3) is 0.824. The first-order valence-corrected chi connectivity index (χ1v) is 11.0. The van der Waals surface area contributed by atoms with Crippen molar-refractivity contribution >= 4 is 14.3 Å². The van der Waals surface area contributed by atoms with Gasteiger partial charge in [0.05, 0.1) is 6.61 Å². The van der Waals surface area contributed by atoms with Crippen molar-refractivity contribution in [2.45, 2.75) is 66.1 Å². The summed E-state index contributed by atoms with van der Waals surface area (Å²) in [4.78, 5) is 11.4. The van der Waals surface area contributed by atoms with E-state index in [-0.39, 0.29) is 17.6 Å². The maximum atomic E-state index is 13.9. The predicted octanol–water partition coefficient (Wildman–Crippen LogP) is 5.09. The summed E-state index contributed by atoms with van der Waals surface area (Å²) in [5.74, 6) is -1.41. The molecule has 0 aliphatic carbocycles. The van der Waals surface area contributed by atoms with Gasteiger partial charge in [-0.3, -0.25) is 0 Å². The van der Waals surface area contributed by atoms with Crippen LogP contribution in [0.1, 0.15) is 48.0 Å². The van der Waals surface area contributed by atoms with Gasteiger partial charge in [-0.05, 0) is 43.5 Å². The summed E-state index contributed by atoms with van der Waals surface area (Å²) in [5.41, 5.74) is 0. The van der Waals surface area contributed by atoms with Gasteiger partial charge >= 0.3 is 5.97 Å². The first-order chi connectivity index (χ1) is 9.90. The number of halogens is 1. The van der Waals surface area contributed by atoms with E-state index in [1.54, 1.807) is 6.92 Å². The lowest BCUT2D eigenvalue weighted by Gasteiger charge is -2.37. The van der Waals surface area contributed by atoms with E-state index in [0.29, 0.717) is 12.5 Å². The van der Waals surface area contributed by atoms with Crippen molar-refractivity contribution in [3.8, 4) is 0 Å². The highest BCUT2D eigenvalue weighted by atomic mass is 28.4. The number of esters is 1. The Labute approximate surface area is 136 Å². The molecule has 0 N–H and O–H groups in total. The summed E-state index contributed by atoms with van der Waals surface area (Å²) in [6.45, 7) is 17.3. The first kappa shape index (κ1) is 21.3. The Morgan fingerprint density at radius 1 is 1.27 bits per heavy atom. The van der Waals surface area contributed by atoms with Gasteiger partial charge in [0.15, 0.2) is 8.32 Å². The number of rotatable bonds is 8. The molecular weight excluding hydrogens is 299 g/mol. The summed E-state index contributed by atoms with van der Waals surface area (Å²) >= 11 is 0. The zero-order valence-electron chi connectivity index (χ0n) is 15.5. The van der Waals surface area contributed by atoms with Crippen molar-refractivity contribution in [1.82, 2.24) is 0 Å². The third-order valence-corrected chi connectivity index (χ3v) is 8.59. The van der Waals surface area contributed by atoms with Gasteiger partial charge in [0.25, 0.3) is 0 Å². The SMILES string of the molecule is CCOC(=O)/C(F)=C/[C@H](CO[Si](C)(C)C(C)(C)C)CC(C)C. The van der Waals surface area contributed by atoms with Crippen LogP contribution < -0.4 is 0 Å². The van der Waals surface area contributed by atoms with Gasteiger partial charge in [0.2, 0.25) is 5.83 Å². The Balaban J connectivity index is 4.94. The van der Waals surface area contributed by atoms with E-state index < -0.39 is 20.1 Å². The Morgan fingerprint density at radius 2 is 1.82 bits per heavy atom. The summed E-state index contributed by atoms with van der Waals surface area (Å²) in [7, 11) is -1.88. The number of carbonyl (C=O) groups excluding carboxylic acids is 1. The molecule has 0 aromatic heterocycles. The monoisotopic (exact) mass is 332 g/mol. The van der Waals surface area contributed by atoms with Crippen molar-refractivity contribution < 1.29 is 18.3 Å². The van der Waals surface area contributed by atoms with E-state index >= 15 is 0 Å². The van der Waals surface area contributed by atoms with Crippen LogP contribution in [0.15, 0.2) is 11.9 Å². The molecule has 0 spiro atoms. The Hall–Kier alpha value is -0.683. The van der Waals surface area contributed by atoms with Crippen LogP contribution in [0.4, 0.5) is 4.39 Å². The van der Waals surface area contributed by atoms with Gasteiger partial charge in [-0.15, -0.1) is 0 Å². The van der Waals surface area contributed by atoms with Crippen LogP contribution >= 0.6 is 0 Å². The topological polar surface area (TPSA) is 35.5 Å². The van der Waals surface area contributed by atoms with Crippen LogP contribution in [0, 0.1) is 11.8 Å². The van der Waals surface area contributed by atoms with Crippen LogP contribution in [-0.4, -0.2) is 27.5 Å². The number of ether oxygens (including phenoxy) is 1. The molecule has 1 atom stereocenters. The van der Waals surface area contributed by atoms with Crippen LogP contribution in [-0.2, 0) is 14.0 Å². The third kappa shape index (κ3) is 7.54. The average Bonchev–Trinajstić information content (AvgIpc) is 2.34. The minimum absolute atomic E-state index is 0.110. The maximum Gasteiger partial charge on any atom is 0.366 e. The van der Waals surface area contributed by atoms with Crippen molar-refractivity contribution in [3.05, 3.63) is 11.9 Å². The van der Waals surface area contributed by atoms with Gasteiger partial charge < -0.3 is 9.16 Å². The van der Waals surface area contributed by atoms with Crippen LogP contribution in [0.2, 0.25) is 18.1 Å². The second-order valence-corrected chi connectivity index (χ2v) is 12.5. The van der Waals surface area contributed by atoms with Gasteiger partial charge in [-0.1, -0.05) is 34.6 Å². The van der Waals surface area contributed by atoms with Crippen LogP contribution in [0.25, 0.3) is 0 Å². The fourth-order valence-electron chi connectivity index (χ4n) is 1.80. The van der Waals surface area contributed by atoms with Crippen LogP contribution in [0.3, 0.4) is 0 Å². The minimum Gasteiger partial charge on any atom is -0.461 e. The molecule has 0 heterocycles. The maximum absolute atomic E-state index is 13.9. The lowest BCUT2D eigenvalue weighted by atomic mass is 9.97. The molecule has 0 aromatic rings. The first-order valence-electron chi connectivity index (χ1n) is 8.09. The number of hydrogen-bond donors (Lipinski definition) is 0. The molecule has 0 aromatic carbocycles. The highest BCUT2D eigenvalue weighted by Crippen LogP contribution is 2.37. The summed E-state index contributed by atoms with van der Waals surface area (Å²) in [5, 5.41) is 0.110. The number of carbonyl (C=O) groups is 1. The molecule has 0 saturated carbocycles. The van der Waals surface area contributed by atoms with E-state index in [1.165, 1.54) is 6.08 Å². The highest BCUT2D eigenvalue weighted by Gasteiger charge is 2.37. The standard InChI is InChI=1S/C17H33FO3Si/c1-9-20-16(19)15(18)11-14(10-13(2)3)12-21-22(7,8)17(4,5)6/h11,13-14H,9-10,12H2,1-8H3/b15-11-/t14-/m1/s1. The molecular formula is C17H33FO3Si. The Morgan fingerprint density at radius 3 is 2.23 bits per heavy atom. The van der Waals surface area contributed by atoms with Gasteiger partial charge in [-0.25, -0.2) is 4.79 Å². The fourth-order valence-corrected chi connectivity index (χ4v) is 2.86. The van der Waals surface area contributed by atoms with Crippen molar-refractivity contribution in [2.24, 2.45) is 11.8 Å².